The second-order valence-electron chi connectivity index (χ2n) is 7.34. The van der Waals surface area contributed by atoms with Gasteiger partial charge in [0.2, 0.25) is 11.5 Å². The number of benzene rings is 1. The maximum absolute atomic E-state index is 10.8. The first-order valence-corrected chi connectivity index (χ1v) is 11.1. The number of ether oxygens (including phenoxy) is 3. The highest BCUT2D eigenvalue weighted by atomic mass is 16.7. The highest BCUT2D eigenvalue weighted by molar-refractivity contribution is 5.66. The van der Waals surface area contributed by atoms with E-state index < -0.39 is 6.16 Å². The van der Waals surface area contributed by atoms with Crippen molar-refractivity contribution in [1.82, 2.24) is 0 Å². The number of rotatable bonds is 17. The van der Waals surface area contributed by atoms with Gasteiger partial charge in [0.25, 0.3) is 0 Å². The molecular weight excluding hydrogens is 372 g/mol. The van der Waals surface area contributed by atoms with Crippen molar-refractivity contribution in [2.24, 2.45) is 0 Å². The Kier molecular flexibility index (Phi) is 13.6. The molecule has 6 heteroatoms. The molecule has 0 unspecified atom stereocenters. The summed E-state index contributed by atoms with van der Waals surface area (Å²) >= 11 is 0. The van der Waals surface area contributed by atoms with Crippen LogP contribution in [0.4, 0.5) is 4.79 Å². The van der Waals surface area contributed by atoms with Gasteiger partial charge in [0.15, 0.2) is 11.5 Å². The van der Waals surface area contributed by atoms with Crippen LogP contribution in [0, 0.1) is 0 Å². The fourth-order valence-electron chi connectivity index (χ4n) is 3.09. The van der Waals surface area contributed by atoms with E-state index in [1.165, 1.54) is 51.0 Å². The smallest absolute Gasteiger partial charge is 0.502 e. The van der Waals surface area contributed by atoms with Gasteiger partial charge < -0.3 is 24.4 Å². The van der Waals surface area contributed by atoms with E-state index in [2.05, 4.69) is 18.6 Å². The quantitative estimate of drug-likeness (QED) is 0.165. The molecule has 29 heavy (non-hydrogen) atoms. The van der Waals surface area contributed by atoms with Crippen molar-refractivity contribution in [1.29, 1.82) is 0 Å². The highest BCUT2D eigenvalue weighted by Gasteiger charge is 2.18. The molecule has 0 spiro atoms. The van der Waals surface area contributed by atoms with Gasteiger partial charge in [-0.3, -0.25) is 0 Å². The maximum Gasteiger partial charge on any atom is 0.511 e. The molecule has 2 N–H and O–H groups in total. The van der Waals surface area contributed by atoms with E-state index in [0.29, 0.717) is 19.0 Å². The Labute approximate surface area is 175 Å². The average molecular weight is 411 g/mol. The van der Waals surface area contributed by atoms with Crippen LogP contribution in [0.1, 0.15) is 90.9 Å². The number of carbonyl (C=O) groups is 1. The largest absolute Gasteiger partial charge is 0.511 e. The molecule has 1 aromatic carbocycles. The van der Waals surface area contributed by atoms with Crippen LogP contribution in [0.25, 0.3) is 0 Å². The molecule has 0 aromatic heterocycles. The van der Waals surface area contributed by atoms with Gasteiger partial charge in [-0.05, 0) is 25.0 Å². The summed E-state index contributed by atoms with van der Waals surface area (Å²) < 4.78 is 16.2. The molecule has 0 fully saturated rings. The van der Waals surface area contributed by atoms with Crippen LogP contribution in [0.15, 0.2) is 12.1 Å². The lowest BCUT2D eigenvalue weighted by molar-refractivity contribution is 0.142. The fraction of sp³-hybridized carbons (Fsp3) is 0.696. The third-order valence-electron chi connectivity index (χ3n) is 4.76. The van der Waals surface area contributed by atoms with Crippen LogP contribution < -0.4 is 14.2 Å². The standard InChI is InChI=1S/C23H38O6/c1-3-5-7-9-11-13-17-27-20-16-15-19(29-23(25)26)21(24)22(20)28-18-14-12-10-8-6-4-2/h15-16,24H,3-14,17-18H2,1-2H3,(H,25,26). The molecule has 0 heterocycles. The van der Waals surface area contributed by atoms with Crippen LogP contribution in [-0.2, 0) is 0 Å². The number of unbranched alkanes of at least 4 members (excludes halogenated alkanes) is 10. The zero-order chi connectivity index (χ0) is 21.3. The number of hydrogen-bond acceptors (Lipinski definition) is 5. The summed E-state index contributed by atoms with van der Waals surface area (Å²) in [7, 11) is 0. The van der Waals surface area contributed by atoms with Gasteiger partial charge in [0.1, 0.15) is 0 Å². The first-order valence-electron chi connectivity index (χ1n) is 11.1. The van der Waals surface area contributed by atoms with Gasteiger partial charge in [-0.2, -0.15) is 0 Å². The summed E-state index contributed by atoms with van der Waals surface area (Å²) in [5.41, 5.74) is 0. The Morgan fingerprint density at radius 3 is 1.79 bits per heavy atom. The highest BCUT2D eigenvalue weighted by Crippen LogP contribution is 2.43. The lowest BCUT2D eigenvalue weighted by Crippen LogP contribution is -2.06. The van der Waals surface area contributed by atoms with Crippen LogP contribution in [0.5, 0.6) is 23.0 Å². The van der Waals surface area contributed by atoms with E-state index in [9.17, 15) is 9.90 Å². The fourth-order valence-corrected chi connectivity index (χ4v) is 3.09. The first-order chi connectivity index (χ1) is 14.1. The monoisotopic (exact) mass is 410 g/mol. The molecule has 0 amide bonds. The van der Waals surface area contributed by atoms with Crippen molar-refractivity contribution < 1.29 is 29.2 Å². The van der Waals surface area contributed by atoms with Gasteiger partial charge in [-0.1, -0.05) is 78.1 Å². The van der Waals surface area contributed by atoms with E-state index in [1.54, 1.807) is 6.07 Å². The Bertz CT molecular complexity index is 573. The maximum atomic E-state index is 10.8. The molecule has 0 atom stereocenters. The minimum absolute atomic E-state index is 0.151. The summed E-state index contributed by atoms with van der Waals surface area (Å²) in [6.45, 7) is 5.34. The number of hydrogen-bond donors (Lipinski definition) is 2. The summed E-state index contributed by atoms with van der Waals surface area (Å²) in [5, 5.41) is 19.2. The molecule has 1 aromatic rings. The molecule has 0 saturated carbocycles. The molecular formula is C23H38O6. The van der Waals surface area contributed by atoms with Gasteiger partial charge in [0, 0.05) is 0 Å². The van der Waals surface area contributed by atoms with Crippen LogP contribution >= 0.6 is 0 Å². The predicted octanol–water partition coefficient (Wildman–Crippen LogP) is 6.93. The van der Waals surface area contributed by atoms with Crippen molar-refractivity contribution in [3.05, 3.63) is 12.1 Å². The average Bonchev–Trinajstić information content (AvgIpc) is 2.69. The summed E-state index contributed by atoms with van der Waals surface area (Å²) in [6.07, 6.45) is 12.2. The van der Waals surface area contributed by atoms with Crippen molar-refractivity contribution in [2.75, 3.05) is 13.2 Å². The topological polar surface area (TPSA) is 85.2 Å². The van der Waals surface area contributed by atoms with Gasteiger partial charge in [-0.15, -0.1) is 0 Å². The molecule has 6 nitrogen and oxygen atoms in total. The normalized spacial score (nSPS) is 10.7. The molecule has 166 valence electrons. The Hall–Kier alpha value is -2.11. The first kappa shape index (κ1) is 24.9. The second kappa shape index (κ2) is 15.8. The zero-order valence-electron chi connectivity index (χ0n) is 18.1. The molecule has 0 radical (unpaired) electrons. The lowest BCUT2D eigenvalue weighted by Gasteiger charge is -2.16. The minimum Gasteiger partial charge on any atom is -0.502 e. The molecule has 0 saturated heterocycles. The Morgan fingerprint density at radius 2 is 1.24 bits per heavy atom. The summed E-state index contributed by atoms with van der Waals surface area (Å²) in [4.78, 5) is 10.8. The van der Waals surface area contributed by atoms with Crippen molar-refractivity contribution >= 4 is 6.16 Å². The number of phenolic OH excluding ortho intramolecular Hbond substituents is 1. The van der Waals surface area contributed by atoms with Crippen LogP contribution in [0.2, 0.25) is 0 Å². The lowest BCUT2D eigenvalue weighted by atomic mass is 10.1. The van der Waals surface area contributed by atoms with E-state index in [4.69, 9.17) is 14.6 Å². The third-order valence-corrected chi connectivity index (χ3v) is 4.76. The SMILES string of the molecule is CCCCCCCCOc1ccc(OC(=O)O)c(O)c1OCCCCCCCC. The van der Waals surface area contributed by atoms with E-state index in [-0.39, 0.29) is 17.2 Å². The molecule has 1 rings (SSSR count). The van der Waals surface area contributed by atoms with Gasteiger partial charge in [0.05, 0.1) is 13.2 Å². The molecule has 0 aliphatic heterocycles. The van der Waals surface area contributed by atoms with Gasteiger partial charge >= 0.3 is 6.16 Å². The van der Waals surface area contributed by atoms with Crippen LogP contribution in [0.3, 0.4) is 0 Å². The summed E-state index contributed by atoms with van der Waals surface area (Å²) in [5.74, 6) is 0.0873. The van der Waals surface area contributed by atoms with Crippen LogP contribution in [-0.4, -0.2) is 29.6 Å². The van der Waals surface area contributed by atoms with Gasteiger partial charge in [-0.25, -0.2) is 4.79 Å². The Balaban J connectivity index is 2.58. The number of aromatic hydroxyl groups is 1. The summed E-state index contributed by atoms with van der Waals surface area (Å²) in [6, 6.07) is 2.98. The van der Waals surface area contributed by atoms with Crippen molar-refractivity contribution in [3.63, 3.8) is 0 Å². The molecule has 0 aliphatic rings. The van der Waals surface area contributed by atoms with Crippen molar-refractivity contribution in [2.45, 2.75) is 90.9 Å². The Morgan fingerprint density at radius 1 is 0.759 bits per heavy atom. The van der Waals surface area contributed by atoms with E-state index in [1.807, 2.05) is 0 Å². The minimum atomic E-state index is -1.48. The molecule has 0 aliphatic carbocycles. The zero-order valence-corrected chi connectivity index (χ0v) is 18.1. The van der Waals surface area contributed by atoms with E-state index >= 15 is 0 Å². The number of carboxylic acid groups (broad SMARTS) is 1. The van der Waals surface area contributed by atoms with E-state index in [0.717, 1.165) is 32.1 Å². The predicted molar refractivity (Wildman–Crippen MR) is 115 cm³/mol. The number of phenols is 1. The second-order valence-corrected chi connectivity index (χ2v) is 7.34. The van der Waals surface area contributed by atoms with Crippen molar-refractivity contribution in [3.8, 4) is 23.0 Å². The molecule has 0 bridgehead atoms. The third kappa shape index (κ3) is 10.9.